The minimum Gasteiger partial charge on any atom is -0.386 e. The number of aryl methyl sites for hydroxylation is 1. The van der Waals surface area contributed by atoms with Gasteiger partial charge in [0.15, 0.2) is 11.6 Å². The summed E-state index contributed by atoms with van der Waals surface area (Å²) in [7, 11) is 1.89. The molecule has 2 N–H and O–H groups in total. The number of rotatable bonds is 3. The van der Waals surface area contributed by atoms with Crippen molar-refractivity contribution in [2.24, 2.45) is 10.4 Å². The fourth-order valence-corrected chi connectivity index (χ4v) is 3.23. The lowest BCUT2D eigenvalue weighted by molar-refractivity contribution is 0.0858. The standard InChI is InChI=1S/C20H25N3O2/c1-12-8-6-7-9-13(12)17(24)15-11-22-19-16(23(15)5)14(10-21-19)18(25)20(2,3)4/h6-11,15,17,21,24H,1-5H3. The number of aliphatic hydroxyl groups excluding tert-OH is 1. The number of hydrogen-bond acceptors (Lipinski definition) is 4. The number of aromatic amines is 1. The number of aliphatic hydroxyl groups is 1. The molecule has 5 heteroatoms. The Morgan fingerprint density at radius 1 is 1.32 bits per heavy atom. The summed E-state index contributed by atoms with van der Waals surface area (Å²) in [5.74, 6) is 0.710. The number of aliphatic imine (C=N–C) groups is 1. The first-order valence-corrected chi connectivity index (χ1v) is 8.48. The maximum Gasteiger partial charge on any atom is 0.171 e. The van der Waals surface area contributed by atoms with Crippen molar-refractivity contribution in [1.82, 2.24) is 4.98 Å². The first kappa shape index (κ1) is 17.4. The predicted octanol–water partition coefficient (Wildman–Crippen LogP) is 3.81. The molecule has 0 radical (unpaired) electrons. The Bertz CT molecular complexity index is 830. The lowest BCUT2D eigenvalue weighted by Crippen LogP contribution is -2.41. The molecule has 1 aromatic heterocycles. The number of anilines is 1. The number of aromatic nitrogens is 1. The average Bonchev–Trinajstić information content (AvgIpc) is 2.98. The monoisotopic (exact) mass is 339 g/mol. The van der Waals surface area contributed by atoms with E-state index in [0.717, 1.165) is 16.8 Å². The van der Waals surface area contributed by atoms with Gasteiger partial charge in [0.1, 0.15) is 6.10 Å². The molecule has 2 aromatic rings. The number of carbonyl (C=O) groups excluding carboxylic acids is 1. The molecule has 132 valence electrons. The van der Waals surface area contributed by atoms with E-state index < -0.39 is 11.5 Å². The molecular formula is C20H25N3O2. The number of carbonyl (C=O) groups is 1. The summed E-state index contributed by atoms with van der Waals surface area (Å²) >= 11 is 0. The maximum atomic E-state index is 12.8. The van der Waals surface area contributed by atoms with Crippen LogP contribution >= 0.6 is 0 Å². The third kappa shape index (κ3) is 3.00. The topological polar surface area (TPSA) is 68.7 Å². The largest absolute Gasteiger partial charge is 0.386 e. The molecule has 0 amide bonds. The first-order chi connectivity index (χ1) is 11.7. The molecule has 2 atom stereocenters. The molecule has 0 saturated heterocycles. The van der Waals surface area contributed by atoms with Gasteiger partial charge in [0.05, 0.1) is 17.3 Å². The van der Waals surface area contributed by atoms with Gasteiger partial charge in [-0.15, -0.1) is 0 Å². The van der Waals surface area contributed by atoms with Gasteiger partial charge in [0, 0.05) is 24.9 Å². The Labute approximate surface area is 148 Å². The highest BCUT2D eigenvalue weighted by molar-refractivity contribution is 6.07. The SMILES string of the molecule is Cc1ccccc1C(O)C1C=Nc2[nH]cc(C(=O)C(C)(C)C)c2N1C. The van der Waals surface area contributed by atoms with E-state index in [0.29, 0.717) is 11.4 Å². The quantitative estimate of drug-likeness (QED) is 0.836. The van der Waals surface area contributed by atoms with Crippen molar-refractivity contribution in [3.63, 3.8) is 0 Å². The second-order valence-electron chi connectivity index (χ2n) is 7.66. The van der Waals surface area contributed by atoms with E-state index in [4.69, 9.17) is 0 Å². The molecule has 25 heavy (non-hydrogen) atoms. The lowest BCUT2D eigenvalue weighted by Gasteiger charge is -2.34. The lowest BCUT2D eigenvalue weighted by atomic mass is 9.86. The van der Waals surface area contributed by atoms with Crippen LogP contribution < -0.4 is 4.90 Å². The van der Waals surface area contributed by atoms with Crippen molar-refractivity contribution in [2.75, 3.05) is 11.9 Å². The maximum absolute atomic E-state index is 12.8. The zero-order chi connectivity index (χ0) is 18.4. The molecule has 1 aliphatic heterocycles. The zero-order valence-electron chi connectivity index (χ0n) is 15.4. The molecule has 0 spiro atoms. The normalized spacial score (nSPS) is 18.2. The fourth-order valence-electron chi connectivity index (χ4n) is 3.23. The number of nitrogens with one attached hydrogen (secondary N) is 1. The summed E-state index contributed by atoms with van der Waals surface area (Å²) in [6.45, 7) is 7.69. The second-order valence-corrected chi connectivity index (χ2v) is 7.66. The molecule has 1 aromatic carbocycles. The van der Waals surface area contributed by atoms with Gasteiger partial charge in [0.25, 0.3) is 0 Å². The van der Waals surface area contributed by atoms with Crippen LogP contribution in [-0.2, 0) is 0 Å². The van der Waals surface area contributed by atoms with Crippen molar-refractivity contribution in [1.29, 1.82) is 0 Å². The third-order valence-corrected chi connectivity index (χ3v) is 4.75. The van der Waals surface area contributed by atoms with Crippen LogP contribution in [0.15, 0.2) is 35.5 Å². The van der Waals surface area contributed by atoms with Crippen LogP contribution in [0.3, 0.4) is 0 Å². The van der Waals surface area contributed by atoms with E-state index in [-0.39, 0.29) is 11.8 Å². The summed E-state index contributed by atoms with van der Waals surface area (Å²) in [6, 6.07) is 7.44. The average molecular weight is 339 g/mol. The number of ketones is 1. The van der Waals surface area contributed by atoms with Crippen molar-refractivity contribution < 1.29 is 9.90 Å². The number of hydrogen-bond donors (Lipinski definition) is 2. The van der Waals surface area contributed by atoms with Crippen molar-refractivity contribution >= 4 is 23.5 Å². The van der Waals surface area contributed by atoms with Gasteiger partial charge < -0.3 is 15.0 Å². The highest BCUT2D eigenvalue weighted by Gasteiger charge is 2.35. The van der Waals surface area contributed by atoms with E-state index in [1.807, 2.05) is 63.9 Å². The van der Waals surface area contributed by atoms with Crippen molar-refractivity contribution in [3.8, 4) is 0 Å². The number of fused-ring (bicyclic) bond motifs is 1. The van der Waals surface area contributed by atoms with Gasteiger partial charge in [-0.2, -0.15) is 0 Å². The highest BCUT2D eigenvalue weighted by atomic mass is 16.3. The fraction of sp³-hybridized carbons (Fsp3) is 0.400. The number of benzene rings is 1. The van der Waals surface area contributed by atoms with Gasteiger partial charge in [-0.1, -0.05) is 45.0 Å². The van der Waals surface area contributed by atoms with Crippen LogP contribution in [0.4, 0.5) is 11.5 Å². The Morgan fingerprint density at radius 2 is 2.00 bits per heavy atom. The van der Waals surface area contributed by atoms with Crippen LogP contribution in [-0.4, -0.2) is 35.2 Å². The molecule has 1 aliphatic rings. The molecule has 0 bridgehead atoms. The number of likely N-dealkylation sites (N-methyl/N-ethyl adjacent to an activating group) is 1. The van der Waals surface area contributed by atoms with Crippen LogP contribution in [0.5, 0.6) is 0 Å². The van der Waals surface area contributed by atoms with Crippen molar-refractivity contribution in [3.05, 3.63) is 47.2 Å². The van der Waals surface area contributed by atoms with E-state index in [1.54, 1.807) is 12.4 Å². The number of H-pyrrole nitrogens is 1. The molecule has 2 heterocycles. The number of nitrogens with zero attached hydrogens (tertiary/aromatic N) is 2. The predicted molar refractivity (Wildman–Crippen MR) is 101 cm³/mol. The summed E-state index contributed by atoms with van der Waals surface area (Å²) in [5.41, 5.74) is 2.78. The molecule has 3 rings (SSSR count). The summed E-state index contributed by atoms with van der Waals surface area (Å²) in [5, 5.41) is 10.9. The van der Waals surface area contributed by atoms with Gasteiger partial charge >= 0.3 is 0 Å². The van der Waals surface area contributed by atoms with E-state index in [2.05, 4.69) is 9.98 Å². The molecule has 2 unspecified atom stereocenters. The van der Waals surface area contributed by atoms with E-state index >= 15 is 0 Å². The van der Waals surface area contributed by atoms with E-state index in [9.17, 15) is 9.90 Å². The Kier molecular flexibility index (Phi) is 4.29. The Hall–Kier alpha value is -2.40. The first-order valence-electron chi connectivity index (χ1n) is 8.48. The molecule has 0 fully saturated rings. The molecule has 0 aliphatic carbocycles. The van der Waals surface area contributed by atoms with Gasteiger partial charge in [-0.05, 0) is 18.1 Å². The zero-order valence-corrected chi connectivity index (χ0v) is 15.4. The molecule has 0 saturated carbocycles. The van der Waals surface area contributed by atoms with Crippen LogP contribution in [0, 0.1) is 12.3 Å². The highest BCUT2D eigenvalue weighted by Crippen LogP contribution is 2.40. The molecule has 5 nitrogen and oxygen atoms in total. The minimum atomic E-state index is -0.726. The summed E-state index contributed by atoms with van der Waals surface area (Å²) in [4.78, 5) is 22.3. The summed E-state index contributed by atoms with van der Waals surface area (Å²) in [6.07, 6.45) is 2.73. The second kappa shape index (κ2) is 6.15. The summed E-state index contributed by atoms with van der Waals surface area (Å²) < 4.78 is 0. The van der Waals surface area contributed by atoms with Crippen LogP contribution in [0.25, 0.3) is 0 Å². The van der Waals surface area contributed by atoms with Crippen LogP contribution in [0.1, 0.15) is 48.4 Å². The van der Waals surface area contributed by atoms with Gasteiger partial charge in [0.2, 0.25) is 0 Å². The van der Waals surface area contributed by atoms with Crippen molar-refractivity contribution in [2.45, 2.75) is 39.8 Å². The minimum absolute atomic E-state index is 0.0538. The Morgan fingerprint density at radius 3 is 2.64 bits per heavy atom. The van der Waals surface area contributed by atoms with E-state index in [1.165, 1.54) is 0 Å². The molecular weight excluding hydrogens is 314 g/mol. The number of Topliss-reactive ketones (excluding diaryl/α,β-unsaturated/α-hetero) is 1. The van der Waals surface area contributed by atoms with Gasteiger partial charge in [-0.25, -0.2) is 4.99 Å². The van der Waals surface area contributed by atoms with Crippen LogP contribution in [0.2, 0.25) is 0 Å². The Balaban J connectivity index is 1.99. The third-order valence-electron chi connectivity index (χ3n) is 4.75. The van der Waals surface area contributed by atoms with Gasteiger partial charge in [-0.3, -0.25) is 4.79 Å². The smallest absolute Gasteiger partial charge is 0.171 e.